The molecule has 3 aromatic rings. The molecule has 2 aromatic heterocycles. The summed E-state index contributed by atoms with van der Waals surface area (Å²) in [6.45, 7) is 4.97. The van der Waals surface area contributed by atoms with Gasteiger partial charge in [0.2, 0.25) is 0 Å². The molecule has 0 unspecified atom stereocenters. The minimum Gasteiger partial charge on any atom is -0.399 e. The highest BCUT2D eigenvalue weighted by molar-refractivity contribution is 5.93. The lowest BCUT2D eigenvalue weighted by atomic mass is 10.1. The van der Waals surface area contributed by atoms with Crippen LogP contribution in [-0.4, -0.2) is 42.1 Å². The van der Waals surface area contributed by atoms with E-state index in [2.05, 4.69) is 22.0 Å². The monoisotopic (exact) mass is 385 g/mol. The molecule has 148 valence electrons. The Morgan fingerprint density at radius 1 is 1.39 bits per heavy atom. The minimum absolute atomic E-state index is 0.191. The summed E-state index contributed by atoms with van der Waals surface area (Å²) in [5, 5.41) is 8.71. The van der Waals surface area contributed by atoms with Crippen molar-refractivity contribution >= 4 is 39.7 Å². The molecule has 0 radical (unpaired) electrons. The Morgan fingerprint density at radius 3 is 2.82 bits per heavy atom. The van der Waals surface area contributed by atoms with Gasteiger partial charge in [0.05, 0.1) is 12.1 Å². The second-order valence-electron chi connectivity index (χ2n) is 6.50. The van der Waals surface area contributed by atoms with E-state index in [4.69, 9.17) is 16.2 Å². The lowest BCUT2D eigenvalue weighted by molar-refractivity contribution is 0.206. The highest BCUT2D eigenvalue weighted by Gasteiger charge is 2.15. The number of likely N-dealkylation sites (N-methyl/N-ethyl adjacent to an activating group) is 1. The molecule has 0 aliphatic carbocycles. The minimum atomic E-state index is -0.642. The van der Waals surface area contributed by atoms with Crippen molar-refractivity contribution in [3.05, 3.63) is 42.2 Å². The van der Waals surface area contributed by atoms with Crippen molar-refractivity contribution in [3.8, 4) is 0 Å². The van der Waals surface area contributed by atoms with Gasteiger partial charge in [0.15, 0.2) is 17.5 Å². The van der Waals surface area contributed by atoms with Gasteiger partial charge in [0.1, 0.15) is 5.82 Å². The Morgan fingerprint density at radius 2 is 2.14 bits per heavy atom. The van der Waals surface area contributed by atoms with E-state index in [0.717, 1.165) is 22.4 Å². The lowest BCUT2D eigenvalue weighted by Crippen LogP contribution is -2.22. The van der Waals surface area contributed by atoms with Gasteiger partial charge in [-0.3, -0.25) is 4.68 Å². The van der Waals surface area contributed by atoms with Crippen molar-refractivity contribution in [1.29, 1.82) is 0 Å². The predicted molar refractivity (Wildman–Crippen MR) is 111 cm³/mol. The van der Waals surface area contributed by atoms with E-state index in [1.807, 2.05) is 41.9 Å². The molecule has 0 atom stereocenters. The van der Waals surface area contributed by atoms with Crippen molar-refractivity contribution in [1.82, 2.24) is 14.8 Å². The molecule has 0 saturated heterocycles. The standard InChI is InChI=1S/C19H24FN7O/c1-11(21)13-10-15(20)17(22)24-18(13)23-12-5-6-16-14(9-12)19(25-27(16)3)26(2)7-8-28-4/h5-6,9-10H,1,7-8,21H2,2-4H3,(H3,22,23,24). The Labute approximate surface area is 162 Å². The lowest BCUT2D eigenvalue weighted by Gasteiger charge is -2.16. The average molecular weight is 385 g/mol. The van der Waals surface area contributed by atoms with Gasteiger partial charge in [0, 0.05) is 50.1 Å². The van der Waals surface area contributed by atoms with Gasteiger partial charge in [0.25, 0.3) is 0 Å². The molecule has 0 bridgehead atoms. The normalized spacial score (nSPS) is 11.0. The second kappa shape index (κ2) is 7.73. The van der Waals surface area contributed by atoms with Crippen LogP contribution in [0.1, 0.15) is 5.56 Å². The largest absolute Gasteiger partial charge is 0.399 e. The highest BCUT2D eigenvalue weighted by atomic mass is 19.1. The molecule has 0 amide bonds. The predicted octanol–water partition coefficient (Wildman–Crippen LogP) is 2.45. The average Bonchev–Trinajstić information content (AvgIpc) is 2.98. The summed E-state index contributed by atoms with van der Waals surface area (Å²) in [5.74, 6) is 0.309. The maximum atomic E-state index is 13.8. The third kappa shape index (κ3) is 3.70. The number of nitrogens with two attached hydrogens (primary N) is 2. The number of halogens is 1. The van der Waals surface area contributed by atoms with Gasteiger partial charge in [-0.15, -0.1) is 0 Å². The Kier molecular flexibility index (Phi) is 5.36. The number of methoxy groups -OCH3 is 1. The number of anilines is 4. The summed E-state index contributed by atoms with van der Waals surface area (Å²) < 4.78 is 20.7. The van der Waals surface area contributed by atoms with E-state index in [9.17, 15) is 4.39 Å². The van der Waals surface area contributed by atoms with Crippen molar-refractivity contribution < 1.29 is 9.13 Å². The van der Waals surface area contributed by atoms with Crippen LogP contribution in [0.3, 0.4) is 0 Å². The van der Waals surface area contributed by atoms with E-state index >= 15 is 0 Å². The quantitative estimate of drug-likeness (QED) is 0.573. The number of aryl methyl sites for hydroxylation is 1. The summed E-state index contributed by atoms with van der Waals surface area (Å²) in [7, 11) is 5.51. The fraction of sp³-hybridized carbons (Fsp3) is 0.263. The topological polar surface area (TPSA) is 107 Å². The van der Waals surface area contributed by atoms with Gasteiger partial charge in [-0.05, 0) is 24.3 Å². The van der Waals surface area contributed by atoms with Gasteiger partial charge < -0.3 is 26.4 Å². The molecule has 3 rings (SSSR count). The number of ether oxygens (including phenoxy) is 1. The highest BCUT2D eigenvalue weighted by Crippen LogP contribution is 2.31. The molecule has 2 heterocycles. The maximum Gasteiger partial charge on any atom is 0.166 e. The number of rotatable bonds is 7. The van der Waals surface area contributed by atoms with Crippen LogP contribution in [0.15, 0.2) is 30.8 Å². The second-order valence-corrected chi connectivity index (χ2v) is 6.50. The Balaban J connectivity index is 2.01. The number of benzene rings is 1. The van der Waals surface area contributed by atoms with Crippen molar-refractivity contribution in [2.45, 2.75) is 0 Å². The number of fused-ring (bicyclic) bond motifs is 1. The summed E-state index contributed by atoms with van der Waals surface area (Å²) >= 11 is 0. The molecule has 0 aliphatic heterocycles. The Bertz CT molecular complexity index is 1030. The molecular weight excluding hydrogens is 361 g/mol. The van der Waals surface area contributed by atoms with E-state index in [1.54, 1.807) is 7.11 Å². The number of nitrogens with one attached hydrogen (secondary N) is 1. The van der Waals surface area contributed by atoms with Crippen LogP contribution in [0.4, 0.5) is 27.5 Å². The first kappa shape index (κ1) is 19.4. The number of hydrogen-bond acceptors (Lipinski definition) is 7. The first-order valence-electron chi connectivity index (χ1n) is 8.66. The number of nitrogens with zero attached hydrogens (tertiary/aromatic N) is 4. The third-order valence-corrected chi connectivity index (χ3v) is 4.44. The SMILES string of the molecule is C=C(N)c1cc(F)c(N)nc1Nc1ccc2c(c1)c(N(C)CCOC)nn2C. The maximum absolute atomic E-state index is 13.8. The van der Waals surface area contributed by atoms with Crippen LogP contribution < -0.4 is 21.7 Å². The van der Waals surface area contributed by atoms with Crippen molar-refractivity contribution in [2.75, 3.05) is 43.3 Å². The first-order chi connectivity index (χ1) is 13.3. The molecule has 8 nitrogen and oxygen atoms in total. The third-order valence-electron chi connectivity index (χ3n) is 4.44. The van der Waals surface area contributed by atoms with Crippen LogP contribution in [0.5, 0.6) is 0 Å². The number of hydrogen-bond donors (Lipinski definition) is 3. The molecule has 5 N–H and O–H groups in total. The van der Waals surface area contributed by atoms with Crippen molar-refractivity contribution in [3.63, 3.8) is 0 Å². The number of pyridine rings is 1. The summed E-state index contributed by atoms with van der Waals surface area (Å²) in [4.78, 5) is 6.10. The molecule has 0 spiro atoms. The molecule has 0 aliphatic rings. The van der Waals surface area contributed by atoms with Crippen LogP contribution in [0, 0.1) is 5.82 Å². The summed E-state index contributed by atoms with van der Waals surface area (Å²) in [6, 6.07) is 7.00. The summed E-state index contributed by atoms with van der Waals surface area (Å²) in [6.07, 6.45) is 0. The molecule has 9 heteroatoms. The summed E-state index contributed by atoms with van der Waals surface area (Å²) in [5.41, 5.74) is 13.7. The zero-order valence-corrected chi connectivity index (χ0v) is 16.2. The van der Waals surface area contributed by atoms with E-state index in [1.165, 1.54) is 6.07 Å². The smallest absolute Gasteiger partial charge is 0.166 e. The zero-order chi connectivity index (χ0) is 20.4. The van der Waals surface area contributed by atoms with Gasteiger partial charge in [-0.1, -0.05) is 6.58 Å². The fourth-order valence-corrected chi connectivity index (χ4v) is 2.92. The molecular formula is C19H24FN7O. The Hall–Kier alpha value is -3.33. The van der Waals surface area contributed by atoms with E-state index < -0.39 is 5.82 Å². The van der Waals surface area contributed by atoms with E-state index in [0.29, 0.717) is 24.5 Å². The number of nitrogen functional groups attached to an aromatic ring is 1. The van der Waals surface area contributed by atoms with Crippen LogP contribution >= 0.6 is 0 Å². The van der Waals surface area contributed by atoms with Gasteiger partial charge in [-0.2, -0.15) is 5.10 Å². The fourth-order valence-electron chi connectivity index (χ4n) is 2.92. The van der Waals surface area contributed by atoms with Gasteiger partial charge in [-0.25, -0.2) is 9.37 Å². The van der Waals surface area contributed by atoms with Crippen LogP contribution in [0.2, 0.25) is 0 Å². The first-order valence-corrected chi connectivity index (χ1v) is 8.66. The molecule has 0 saturated carbocycles. The zero-order valence-electron chi connectivity index (χ0n) is 16.2. The number of aromatic nitrogens is 3. The molecule has 28 heavy (non-hydrogen) atoms. The molecule has 1 aromatic carbocycles. The van der Waals surface area contributed by atoms with Crippen molar-refractivity contribution in [2.24, 2.45) is 12.8 Å². The van der Waals surface area contributed by atoms with Gasteiger partial charge >= 0.3 is 0 Å². The molecule has 0 fully saturated rings. The van der Waals surface area contributed by atoms with Crippen LogP contribution in [0.25, 0.3) is 16.6 Å². The van der Waals surface area contributed by atoms with E-state index in [-0.39, 0.29) is 11.5 Å². The van der Waals surface area contributed by atoms with Crippen LogP contribution in [-0.2, 0) is 11.8 Å².